The van der Waals surface area contributed by atoms with Gasteiger partial charge in [-0.05, 0) is 0 Å². The van der Waals surface area contributed by atoms with Crippen LogP contribution in [-0.4, -0.2) is 18.9 Å². The summed E-state index contributed by atoms with van der Waals surface area (Å²) >= 11 is 0. The van der Waals surface area contributed by atoms with Crippen LogP contribution in [0.4, 0.5) is 0 Å². The van der Waals surface area contributed by atoms with E-state index >= 15 is 0 Å². The number of rotatable bonds is 12. The first kappa shape index (κ1) is 19.6. The van der Waals surface area contributed by atoms with Gasteiger partial charge in [-0.25, -0.2) is 0 Å². The fraction of sp³-hybridized carbons (Fsp3) is 0.667. The third kappa shape index (κ3) is 5.62. The van der Waals surface area contributed by atoms with Crippen LogP contribution < -0.4 is 21.2 Å². The van der Waals surface area contributed by atoms with E-state index in [2.05, 4.69) is 61.3 Å². The SMILES string of the molecule is CCCCN[PH](NCCCC)(c1ccccc1)C(N)CCC. The number of unbranched alkanes of at least 4 members (excludes halogenated alkanes) is 2. The van der Waals surface area contributed by atoms with Crippen molar-refractivity contribution in [2.45, 2.75) is 65.1 Å². The summed E-state index contributed by atoms with van der Waals surface area (Å²) in [6.45, 7) is 8.80. The summed E-state index contributed by atoms with van der Waals surface area (Å²) in [4.78, 5) is 0. The Balaban J connectivity index is 3.04. The minimum absolute atomic E-state index is 0.202. The molecular weight excluding hydrogens is 289 g/mol. The maximum atomic E-state index is 6.70. The molecule has 0 heterocycles. The zero-order valence-corrected chi connectivity index (χ0v) is 15.7. The fourth-order valence-electron chi connectivity index (χ4n) is 2.90. The van der Waals surface area contributed by atoms with Crippen LogP contribution in [0.2, 0.25) is 0 Å². The van der Waals surface area contributed by atoms with Gasteiger partial charge < -0.3 is 0 Å². The molecule has 0 saturated carbocycles. The molecule has 3 nitrogen and oxygen atoms in total. The van der Waals surface area contributed by atoms with E-state index in [4.69, 9.17) is 5.73 Å². The van der Waals surface area contributed by atoms with Crippen LogP contribution in [-0.2, 0) is 0 Å². The number of hydrogen-bond donors (Lipinski definition) is 3. The van der Waals surface area contributed by atoms with Crippen molar-refractivity contribution >= 4 is 12.9 Å². The van der Waals surface area contributed by atoms with E-state index in [1.54, 1.807) is 0 Å². The molecule has 0 aliphatic carbocycles. The summed E-state index contributed by atoms with van der Waals surface area (Å²) in [5.74, 6) is 0.202. The van der Waals surface area contributed by atoms with E-state index in [9.17, 15) is 0 Å². The van der Waals surface area contributed by atoms with E-state index in [0.717, 1.165) is 25.9 Å². The Morgan fingerprint density at radius 1 is 0.909 bits per heavy atom. The van der Waals surface area contributed by atoms with Crippen LogP contribution in [0, 0.1) is 0 Å². The molecule has 0 aromatic heterocycles. The van der Waals surface area contributed by atoms with Gasteiger partial charge >= 0.3 is 137 Å². The fourth-order valence-corrected chi connectivity index (χ4v) is 6.96. The summed E-state index contributed by atoms with van der Waals surface area (Å²) in [6.07, 6.45) is 7.04. The standard InChI is InChI=1S/C18H36N3P/c1-4-7-15-20-22(18(19)12-6-3,21-16-8-5-2)17-13-10-9-11-14-17/h9-11,13-14,18,20-22H,4-8,12,15-16,19H2,1-3H3. The molecule has 0 radical (unpaired) electrons. The van der Waals surface area contributed by atoms with E-state index < -0.39 is 7.56 Å². The monoisotopic (exact) mass is 325 g/mol. The van der Waals surface area contributed by atoms with Gasteiger partial charge in [0.25, 0.3) is 0 Å². The first-order valence-electron chi connectivity index (χ1n) is 9.02. The molecule has 0 aliphatic heterocycles. The van der Waals surface area contributed by atoms with Crippen molar-refractivity contribution < 1.29 is 0 Å². The van der Waals surface area contributed by atoms with Gasteiger partial charge in [0.2, 0.25) is 0 Å². The topological polar surface area (TPSA) is 50.1 Å². The zero-order chi connectivity index (χ0) is 16.3. The summed E-state index contributed by atoms with van der Waals surface area (Å²) < 4.78 is 0. The molecule has 1 unspecified atom stereocenters. The molecule has 0 spiro atoms. The molecule has 1 aromatic rings. The first-order chi connectivity index (χ1) is 10.7. The minimum atomic E-state index is -2.09. The molecule has 0 amide bonds. The number of nitrogens with two attached hydrogens (primary N) is 1. The van der Waals surface area contributed by atoms with Gasteiger partial charge in [-0.1, -0.05) is 0 Å². The molecule has 22 heavy (non-hydrogen) atoms. The molecule has 0 aliphatic rings. The Kier molecular flexibility index (Phi) is 9.90. The Morgan fingerprint density at radius 2 is 1.45 bits per heavy atom. The van der Waals surface area contributed by atoms with Crippen LogP contribution in [0.15, 0.2) is 30.3 Å². The Hall–Kier alpha value is -0.470. The molecule has 1 rings (SSSR count). The van der Waals surface area contributed by atoms with E-state index in [1.807, 2.05) is 0 Å². The molecule has 1 aromatic carbocycles. The third-order valence-corrected chi connectivity index (χ3v) is 8.51. The summed E-state index contributed by atoms with van der Waals surface area (Å²) in [6, 6.07) is 10.9. The first-order valence-corrected chi connectivity index (χ1v) is 11.1. The average Bonchev–Trinajstić information content (AvgIpc) is 2.55. The van der Waals surface area contributed by atoms with Gasteiger partial charge in [0.05, 0.1) is 0 Å². The van der Waals surface area contributed by atoms with Crippen molar-refractivity contribution in [3.05, 3.63) is 30.3 Å². The Morgan fingerprint density at radius 3 is 1.91 bits per heavy atom. The molecule has 128 valence electrons. The predicted molar refractivity (Wildman–Crippen MR) is 103 cm³/mol. The number of nitrogens with one attached hydrogen (secondary N) is 2. The van der Waals surface area contributed by atoms with Crippen molar-refractivity contribution in [3.8, 4) is 0 Å². The van der Waals surface area contributed by atoms with Gasteiger partial charge in [-0.15, -0.1) is 0 Å². The summed E-state index contributed by atoms with van der Waals surface area (Å²) in [7, 11) is -2.09. The molecule has 0 fully saturated rings. The Labute approximate surface area is 137 Å². The van der Waals surface area contributed by atoms with Crippen LogP contribution in [0.3, 0.4) is 0 Å². The molecule has 4 heteroatoms. The van der Waals surface area contributed by atoms with Gasteiger partial charge in [0, 0.05) is 0 Å². The van der Waals surface area contributed by atoms with E-state index in [0.29, 0.717) is 0 Å². The molecule has 1 atom stereocenters. The molecule has 4 N–H and O–H groups in total. The van der Waals surface area contributed by atoms with Crippen molar-refractivity contribution in [2.75, 3.05) is 13.1 Å². The van der Waals surface area contributed by atoms with Crippen LogP contribution in [0.25, 0.3) is 0 Å². The van der Waals surface area contributed by atoms with Crippen molar-refractivity contribution in [2.24, 2.45) is 5.73 Å². The normalized spacial score (nSPS) is 14.0. The second-order valence-electron chi connectivity index (χ2n) is 6.13. The van der Waals surface area contributed by atoms with Crippen LogP contribution in [0.1, 0.15) is 59.3 Å². The molecule has 0 bridgehead atoms. The van der Waals surface area contributed by atoms with E-state index in [-0.39, 0.29) is 5.78 Å². The van der Waals surface area contributed by atoms with Gasteiger partial charge in [-0.3, -0.25) is 0 Å². The van der Waals surface area contributed by atoms with Gasteiger partial charge in [0.15, 0.2) is 0 Å². The van der Waals surface area contributed by atoms with Crippen LogP contribution >= 0.6 is 7.56 Å². The van der Waals surface area contributed by atoms with E-state index in [1.165, 1.54) is 31.0 Å². The van der Waals surface area contributed by atoms with Crippen molar-refractivity contribution in [1.82, 2.24) is 10.2 Å². The van der Waals surface area contributed by atoms with Crippen LogP contribution in [0.5, 0.6) is 0 Å². The molecule has 0 saturated heterocycles. The average molecular weight is 325 g/mol. The van der Waals surface area contributed by atoms with Crippen molar-refractivity contribution in [3.63, 3.8) is 0 Å². The quantitative estimate of drug-likeness (QED) is 0.405. The maximum absolute atomic E-state index is 6.70. The second kappa shape index (κ2) is 11.1. The third-order valence-electron chi connectivity index (χ3n) is 4.25. The Bertz CT molecular complexity index is 373. The number of benzene rings is 1. The predicted octanol–water partition coefficient (Wildman–Crippen LogP) is 3.76. The zero-order valence-electron chi connectivity index (χ0n) is 14.7. The number of hydrogen-bond acceptors (Lipinski definition) is 3. The second-order valence-corrected chi connectivity index (χ2v) is 9.77. The van der Waals surface area contributed by atoms with Crippen molar-refractivity contribution in [1.29, 1.82) is 0 Å². The molecular formula is C18H36N3P. The van der Waals surface area contributed by atoms with Gasteiger partial charge in [-0.2, -0.15) is 0 Å². The van der Waals surface area contributed by atoms with Gasteiger partial charge in [0.1, 0.15) is 0 Å². The summed E-state index contributed by atoms with van der Waals surface area (Å²) in [5, 5.41) is 9.19. The summed E-state index contributed by atoms with van der Waals surface area (Å²) in [5.41, 5.74) is 6.70.